The molecule has 4 nitrogen and oxygen atoms in total. The van der Waals surface area contributed by atoms with Crippen LogP contribution in [0.15, 0.2) is 42.5 Å². The van der Waals surface area contributed by atoms with Crippen molar-refractivity contribution in [2.24, 2.45) is 0 Å². The minimum atomic E-state index is -0.309. The number of hydrogen-bond acceptors (Lipinski definition) is 4. The number of fused-ring (bicyclic) bond motifs is 1. The molecule has 0 aliphatic carbocycles. The average molecular weight is 386 g/mol. The van der Waals surface area contributed by atoms with E-state index in [2.05, 4.69) is 43.2 Å². The maximum Gasteiger partial charge on any atom is 0.226 e. The first-order chi connectivity index (χ1) is 12.8. The molecule has 3 aromatic rings. The molecule has 0 aliphatic heterocycles. The number of amides is 1. The highest BCUT2D eigenvalue weighted by molar-refractivity contribution is 7.22. The number of carbonyl (C=O) groups excluding carboxylic acids is 1. The number of thiazole rings is 1. The van der Waals surface area contributed by atoms with Gasteiger partial charge in [0.1, 0.15) is 11.6 Å². The molecule has 3 rings (SSSR count). The van der Waals surface area contributed by atoms with Crippen LogP contribution in [-0.2, 0) is 10.2 Å². The molecule has 0 fully saturated rings. The second-order valence-electron chi connectivity index (χ2n) is 7.41. The fourth-order valence-corrected chi connectivity index (χ4v) is 3.51. The number of nitrogens with zero attached hydrogens (tertiary/aromatic N) is 1. The number of hydrogen-bond donors (Lipinski definition) is 1. The van der Waals surface area contributed by atoms with E-state index in [1.54, 1.807) is 6.07 Å². The molecule has 1 N–H and O–H groups in total. The highest BCUT2D eigenvalue weighted by atomic mass is 32.1. The fraction of sp³-hybridized carbons (Fsp3) is 0.333. The maximum atomic E-state index is 13.2. The molecule has 0 bridgehead atoms. The van der Waals surface area contributed by atoms with Crippen molar-refractivity contribution in [3.8, 4) is 5.75 Å². The summed E-state index contributed by atoms with van der Waals surface area (Å²) in [6, 6.07) is 12.4. The van der Waals surface area contributed by atoms with E-state index in [1.165, 1.54) is 29.0 Å². The summed E-state index contributed by atoms with van der Waals surface area (Å²) >= 11 is 1.26. The van der Waals surface area contributed by atoms with Gasteiger partial charge >= 0.3 is 0 Å². The van der Waals surface area contributed by atoms with E-state index in [1.807, 2.05) is 12.1 Å². The Morgan fingerprint density at radius 1 is 1.19 bits per heavy atom. The Balaban J connectivity index is 1.44. The maximum absolute atomic E-state index is 13.2. The van der Waals surface area contributed by atoms with Crippen LogP contribution >= 0.6 is 11.3 Å². The highest BCUT2D eigenvalue weighted by Gasteiger charge is 2.13. The normalized spacial score (nSPS) is 11.6. The smallest absolute Gasteiger partial charge is 0.226 e. The molecule has 2 aromatic carbocycles. The van der Waals surface area contributed by atoms with Gasteiger partial charge in [0.05, 0.1) is 16.8 Å². The molecule has 0 radical (unpaired) electrons. The van der Waals surface area contributed by atoms with Gasteiger partial charge in [0.25, 0.3) is 0 Å². The molecular weight excluding hydrogens is 363 g/mol. The summed E-state index contributed by atoms with van der Waals surface area (Å²) in [6.45, 7) is 6.98. The molecule has 1 amide bonds. The predicted molar refractivity (Wildman–Crippen MR) is 108 cm³/mol. The van der Waals surface area contributed by atoms with Crippen LogP contribution < -0.4 is 10.1 Å². The van der Waals surface area contributed by atoms with Gasteiger partial charge in [-0.05, 0) is 47.7 Å². The summed E-state index contributed by atoms with van der Waals surface area (Å²) in [5.41, 5.74) is 2.05. The molecule has 0 aliphatic rings. The first kappa shape index (κ1) is 19.3. The van der Waals surface area contributed by atoms with E-state index in [9.17, 15) is 9.18 Å². The third kappa shape index (κ3) is 5.26. The van der Waals surface area contributed by atoms with Crippen molar-refractivity contribution < 1.29 is 13.9 Å². The molecule has 0 unspecified atom stereocenters. The van der Waals surface area contributed by atoms with Crippen LogP contribution in [0, 0.1) is 5.82 Å². The van der Waals surface area contributed by atoms with Gasteiger partial charge in [-0.1, -0.05) is 44.2 Å². The Labute approximate surface area is 162 Å². The molecule has 142 valence electrons. The van der Waals surface area contributed by atoms with Crippen LogP contribution in [0.4, 0.5) is 9.52 Å². The lowest BCUT2D eigenvalue weighted by atomic mass is 9.87. The van der Waals surface area contributed by atoms with Gasteiger partial charge in [-0.2, -0.15) is 0 Å². The van der Waals surface area contributed by atoms with Gasteiger partial charge in [0, 0.05) is 6.42 Å². The topological polar surface area (TPSA) is 51.2 Å². The quantitative estimate of drug-likeness (QED) is 0.567. The zero-order valence-corrected chi connectivity index (χ0v) is 16.5. The second-order valence-corrected chi connectivity index (χ2v) is 8.44. The summed E-state index contributed by atoms with van der Waals surface area (Å²) in [7, 11) is 0. The Morgan fingerprint density at radius 2 is 1.93 bits per heavy atom. The SMILES string of the molecule is CC(C)(C)c1ccc(OCCCC(=O)Nc2nc3ccc(F)cc3s2)cc1. The molecule has 0 spiro atoms. The molecule has 1 heterocycles. The van der Waals surface area contributed by atoms with Crippen molar-refractivity contribution >= 4 is 32.6 Å². The fourth-order valence-electron chi connectivity index (χ4n) is 2.61. The summed E-state index contributed by atoms with van der Waals surface area (Å²) in [4.78, 5) is 16.3. The number of rotatable bonds is 6. The van der Waals surface area contributed by atoms with Crippen molar-refractivity contribution in [2.45, 2.75) is 39.0 Å². The molecule has 0 saturated carbocycles. The Hall–Kier alpha value is -2.47. The van der Waals surface area contributed by atoms with Crippen molar-refractivity contribution in [2.75, 3.05) is 11.9 Å². The second kappa shape index (κ2) is 8.05. The lowest BCUT2D eigenvalue weighted by Crippen LogP contribution is -2.13. The van der Waals surface area contributed by atoms with E-state index in [-0.39, 0.29) is 17.1 Å². The standard InChI is InChI=1S/C21H23FN2O2S/c1-21(2,3)14-6-9-16(10-7-14)26-12-4-5-19(25)24-20-23-17-11-8-15(22)13-18(17)27-20/h6-11,13H,4-5,12H2,1-3H3,(H,23,24,25). The number of aromatic nitrogens is 1. The third-order valence-corrected chi connectivity index (χ3v) is 5.07. The van der Waals surface area contributed by atoms with Crippen molar-refractivity contribution in [3.63, 3.8) is 0 Å². The number of ether oxygens (including phenoxy) is 1. The number of benzene rings is 2. The molecular formula is C21H23FN2O2S. The summed E-state index contributed by atoms with van der Waals surface area (Å²) in [6.07, 6.45) is 0.941. The lowest BCUT2D eigenvalue weighted by molar-refractivity contribution is -0.116. The third-order valence-electron chi connectivity index (χ3n) is 4.13. The first-order valence-corrected chi connectivity index (χ1v) is 9.72. The van der Waals surface area contributed by atoms with Gasteiger partial charge < -0.3 is 10.1 Å². The van der Waals surface area contributed by atoms with E-state index >= 15 is 0 Å². The average Bonchev–Trinajstić information content (AvgIpc) is 2.99. The minimum absolute atomic E-state index is 0.114. The minimum Gasteiger partial charge on any atom is -0.494 e. The number of nitrogens with one attached hydrogen (secondary N) is 1. The van der Waals surface area contributed by atoms with Crippen molar-refractivity contribution in [1.29, 1.82) is 0 Å². The van der Waals surface area contributed by atoms with E-state index in [0.29, 0.717) is 34.8 Å². The molecule has 0 saturated heterocycles. The number of halogens is 1. The van der Waals surface area contributed by atoms with Crippen LogP contribution in [0.2, 0.25) is 0 Å². The predicted octanol–water partition coefficient (Wildman–Crippen LogP) is 5.53. The first-order valence-electron chi connectivity index (χ1n) is 8.90. The molecule has 6 heteroatoms. The Morgan fingerprint density at radius 3 is 2.63 bits per heavy atom. The van der Waals surface area contributed by atoms with Crippen LogP contribution in [0.25, 0.3) is 10.2 Å². The summed E-state index contributed by atoms with van der Waals surface area (Å²) < 4.78 is 19.6. The van der Waals surface area contributed by atoms with E-state index < -0.39 is 0 Å². The molecule has 0 atom stereocenters. The summed E-state index contributed by atoms with van der Waals surface area (Å²) in [5, 5.41) is 3.25. The zero-order chi connectivity index (χ0) is 19.4. The van der Waals surface area contributed by atoms with Crippen LogP contribution in [-0.4, -0.2) is 17.5 Å². The lowest BCUT2D eigenvalue weighted by Gasteiger charge is -2.19. The van der Waals surface area contributed by atoms with Gasteiger partial charge in [0.2, 0.25) is 5.91 Å². The van der Waals surface area contributed by atoms with Crippen LogP contribution in [0.3, 0.4) is 0 Å². The van der Waals surface area contributed by atoms with Gasteiger partial charge in [-0.3, -0.25) is 4.79 Å². The number of carbonyl (C=O) groups is 1. The Kier molecular flexibility index (Phi) is 5.75. The molecule has 27 heavy (non-hydrogen) atoms. The van der Waals surface area contributed by atoms with Crippen LogP contribution in [0.5, 0.6) is 5.75 Å². The van der Waals surface area contributed by atoms with E-state index in [4.69, 9.17) is 4.74 Å². The monoisotopic (exact) mass is 386 g/mol. The molecule has 1 aromatic heterocycles. The number of anilines is 1. The van der Waals surface area contributed by atoms with Gasteiger partial charge in [-0.15, -0.1) is 0 Å². The van der Waals surface area contributed by atoms with Crippen molar-refractivity contribution in [1.82, 2.24) is 4.98 Å². The van der Waals surface area contributed by atoms with Crippen molar-refractivity contribution in [3.05, 3.63) is 53.8 Å². The highest BCUT2D eigenvalue weighted by Crippen LogP contribution is 2.27. The van der Waals surface area contributed by atoms with E-state index in [0.717, 1.165) is 5.75 Å². The summed E-state index contributed by atoms with van der Waals surface area (Å²) in [5.74, 6) is 0.370. The zero-order valence-electron chi connectivity index (χ0n) is 15.7. The van der Waals surface area contributed by atoms with Gasteiger partial charge in [-0.25, -0.2) is 9.37 Å². The Bertz CT molecular complexity index is 929. The van der Waals surface area contributed by atoms with Gasteiger partial charge in [0.15, 0.2) is 5.13 Å². The largest absolute Gasteiger partial charge is 0.494 e. The van der Waals surface area contributed by atoms with Crippen LogP contribution in [0.1, 0.15) is 39.2 Å².